The molecule has 0 saturated heterocycles. The number of aromatic nitrogens is 4. The van der Waals surface area contributed by atoms with E-state index in [1.807, 2.05) is 14.1 Å². The number of aromatic carboxylic acids is 1. The third kappa shape index (κ3) is 1.68. The van der Waals surface area contributed by atoms with Crippen molar-refractivity contribution in [3.8, 4) is 0 Å². The van der Waals surface area contributed by atoms with Gasteiger partial charge in [0.25, 0.3) is 5.78 Å². The lowest BCUT2D eigenvalue weighted by atomic mass is 10.4. The van der Waals surface area contributed by atoms with Crippen molar-refractivity contribution in [2.75, 3.05) is 19.0 Å². The molecule has 2 aromatic heterocycles. The van der Waals surface area contributed by atoms with Crippen molar-refractivity contribution in [1.82, 2.24) is 19.6 Å². The van der Waals surface area contributed by atoms with Gasteiger partial charge in [0.05, 0.1) is 0 Å². The van der Waals surface area contributed by atoms with Crippen LogP contribution in [0.1, 0.15) is 35.1 Å². The fourth-order valence-corrected chi connectivity index (χ4v) is 1.81. The molecule has 0 atom stereocenters. The van der Waals surface area contributed by atoms with Gasteiger partial charge >= 0.3 is 5.97 Å². The molecule has 94 valence electrons. The second-order valence-corrected chi connectivity index (χ2v) is 4.66. The number of carbonyl (C=O) groups is 1. The summed E-state index contributed by atoms with van der Waals surface area (Å²) < 4.78 is 1.60. The Balaban J connectivity index is 2.23. The first-order valence-corrected chi connectivity index (χ1v) is 5.74. The highest BCUT2D eigenvalue weighted by Crippen LogP contribution is 2.38. The molecule has 1 fully saturated rings. The number of carboxylic acids is 1. The summed E-state index contributed by atoms with van der Waals surface area (Å²) in [5.74, 6) is 1.12. The molecule has 3 rings (SSSR count). The van der Waals surface area contributed by atoms with E-state index in [-0.39, 0.29) is 5.69 Å². The first-order chi connectivity index (χ1) is 8.56. The van der Waals surface area contributed by atoms with Gasteiger partial charge in [-0.3, -0.25) is 0 Å². The van der Waals surface area contributed by atoms with Crippen LogP contribution >= 0.6 is 0 Å². The molecular formula is C11H13N5O2. The molecule has 0 aliphatic heterocycles. The lowest BCUT2D eigenvalue weighted by molar-refractivity contribution is 0.0690. The Labute approximate surface area is 103 Å². The van der Waals surface area contributed by atoms with E-state index in [2.05, 4.69) is 15.1 Å². The van der Waals surface area contributed by atoms with Crippen LogP contribution in [-0.4, -0.2) is 44.8 Å². The number of hydrogen-bond donors (Lipinski definition) is 1. The molecule has 7 nitrogen and oxygen atoms in total. The topological polar surface area (TPSA) is 83.6 Å². The van der Waals surface area contributed by atoms with E-state index in [1.165, 1.54) is 6.07 Å². The standard InChI is InChI=1S/C11H13N5O2/c1-15(2)8-5-7(10(17)18)12-11-13-9(6-3-4-6)14-16(8)11/h5-6H,3-4H2,1-2H3,(H,17,18). The smallest absolute Gasteiger partial charge is 0.354 e. The number of hydrogen-bond acceptors (Lipinski definition) is 5. The highest BCUT2D eigenvalue weighted by atomic mass is 16.4. The molecular weight excluding hydrogens is 234 g/mol. The van der Waals surface area contributed by atoms with Crippen molar-refractivity contribution < 1.29 is 9.90 Å². The number of carboxylic acid groups (broad SMARTS) is 1. The Hall–Kier alpha value is -2.18. The molecule has 18 heavy (non-hydrogen) atoms. The van der Waals surface area contributed by atoms with Gasteiger partial charge in [-0.15, -0.1) is 5.10 Å². The van der Waals surface area contributed by atoms with E-state index in [1.54, 1.807) is 9.42 Å². The van der Waals surface area contributed by atoms with Gasteiger partial charge in [-0.1, -0.05) is 0 Å². The Morgan fingerprint density at radius 1 is 1.44 bits per heavy atom. The molecule has 1 N–H and O–H groups in total. The van der Waals surface area contributed by atoms with Crippen LogP contribution in [0.2, 0.25) is 0 Å². The first-order valence-electron chi connectivity index (χ1n) is 5.74. The van der Waals surface area contributed by atoms with Gasteiger partial charge in [0, 0.05) is 26.1 Å². The number of nitrogens with zero attached hydrogens (tertiary/aromatic N) is 5. The molecule has 0 spiro atoms. The summed E-state index contributed by atoms with van der Waals surface area (Å²) in [6, 6.07) is 1.50. The number of rotatable bonds is 3. The zero-order valence-electron chi connectivity index (χ0n) is 10.2. The fraction of sp³-hybridized carbons (Fsp3) is 0.455. The maximum Gasteiger partial charge on any atom is 0.354 e. The van der Waals surface area contributed by atoms with Crippen LogP contribution in [-0.2, 0) is 0 Å². The van der Waals surface area contributed by atoms with Gasteiger partial charge < -0.3 is 10.0 Å². The zero-order valence-corrected chi connectivity index (χ0v) is 10.2. The Kier molecular flexibility index (Phi) is 2.22. The maximum atomic E-state index is 11.0. The molecule has 0 aromatic carbocycles. The van der Waals surface area contributed by atoms with Crippen LogP contribution in [0, 0.1) is 0 Å². The number of fused-ring (bicyclic) bond motifs is 1. The molecule has 1 aliphatic rings. The lowest BCUT2D eigenvalue weighted by Gasteiger charge is -2.13. The van der Waals surface area contributed by atoms with E-state index in [9.17, 15) is 4.79 Å². The van der Waals surface area contributed by atoms with Crippen molar-refractivity contribution in [3.05, 3.63) is 17.6 Å². The normalized spacial score (nSPS) is 15.0. The van der Waals surface area contributed by atoms with Gasteiger partial charge in [-0.05, 0) is 12.8 Å². The largest absolute Gasteiger partial charge is 0.477 e. The highest BCUT2D eigenvalue weighted by molar-refractivity contribution is 5.86. The quantitative estimate of drug-likeness (QED) is 0.862. The average molecular weight is 247 g/mol. The van der Waals surface area contributed by atoms with Gasteiger partial charge in [-0.2, -0.15) is 9.50 Å². The average Bonchev–Trinajstić information content (AvgIpc) is 3.07. The van der Waals surface area contributed by atoms with Crippen molar-refractivity contribution in [1.29, 1.82) is 0 Å². The Morgan fingerprint density at radius 3 is 2.72 bits per heavy atom. The van der Waals surface area contributed by atoms with E-state index in [4.69, 9.17) is 5.11 Å². The summed E-state index contributed by atoms with van der Waals surface area (Å²) in [6.45, 7) is 0. The van der Waals surface area contributed by atoms with Crippen molar-refractivity contribution in [2.24, 2.45) is 0 Å². The van der Waals surface area contributed by atoms with Crippen molar-refractivity contribution in [2.45, 2.75) is 18.8 Å². The molecule has 2 aromatic rings. The first kappa shape index (κ1) is 10.9. The molecule has 0 amide bonds. The zero-order chi connectivity index (χ0) is 12.9. The summed E-state index contributed by atoms with van der Waals surface area (Å²) in [6.07, 6.45) is 2.19. The Bertz CT molecular complexity index is 630. The minimum Gasteiger partial charge on any atom is -0.477 e. The van der Waals surface area contributed by atoms with Crippen molar-refractivity contribution in [3.63, 3.8) is 0 Å². The maximum absolute atomic E-state index is 11.0. The summed E-state index contributed by atoms with van der Waals surface area (Å²) in [7, 11) is 3.66. The third-order valence-corrected chi connectivity index (χ3v) is 2.93. The second kappa shape index (κ2) is 3.66. The second-order valence-electron chi connectivity index (χ2n) is 4.66. The molecule has 0 radical (unpaired) electrons. The van der Waals surface area contributed by atoms with Crippen LogP contribution in [0.25, 0.3) is 5.78 Å². The molecule has 0 bridgehead atoms. The molecule has 7 heteroatoms. The minimum atomic E-state index is -1.06. The van der Waals surface area contributed by atoms with E-state index >= 15 is 0 Å². The van der Waals surface area contributed by atoms with Gasteiger partial charge in [0.2, 0.25) is 0 Å². The van der Waals surface area contributed by atoms with Crippen LogP contribution in [0.15, 0.2) is 6.07 Å². The van der Waals surface area contributed by atoms with Crippen LogP contribution in [0.5, 0.6) is 0 Å². The van der Waals surface area contributed by atoms with Crippen molar-refractivity contribution >= 4 is 17.6 Å². The fourth-order valence-electron chi connectivity index (χ4n) is 1.81. The molecule has 0 unspecified atom stereocenters. The predicted molar refractivity (Wildman–Crippen MR) is 64.0 cm³/mol. The lowest BCUT2D eigenvalue weighted by Crippen LogP contribution is -2.16. The molecule has 2 heterocycles. The van der Waals surface area contributed by atoms with Crippen LogP contribution in [0.4, 0.5) is 5.82 Å². The molecule has 1 saturated carbocycles. The van der Waals surface area contributed by atoms with Crippen LogP contribution in [0.3, 0.4) is 0 Å². The predicted octanol–water partition coefficient (Wildman–Crippen LogP) is 0.766. The summed E-state index contributed by atoms with van der Waals surface area (Å²) in [5.41, 5.74) is -0.0130. The van der Waals surface area contributed by atoms with E-state index in [0.29, 0.717) is 17.5 Å². The van der Waals surface area contributed by atoms with Gasteiger partial charge in [0.1, 0.15) is 5.82 Å². The SMILES string of the molecule is CN(C)c1cc(C(=O)O)nc2nc(C3CC3)nn12. The van der Waals surface area contributed by atoms with Gasteiger partial charge in [0.15, 0.2) is 11.5 Å². The number of anilines is 1. The Morgan fingerprint density at radius 2 is 2.17 bits per heavy atom. The van der Waals surface area contributed by atoms with E-state index in [0.717, 1.165) is 18.7 Å². The van der Waals surface area contributed by atoms with E-state index < -0.39 is 5.97 Å². The van der Waals surface area contributed by atoms with Gasteiger partial charge in [-0.25, -0.2) is 9.78 Å². The summed E-state index contributed by atoms with van der Waals surface area (Å²) >= 11 is 0. The molecule has 1 aliphatic carbocycles. The minimum absolute atomic E-state index is 0.0130. The summed E-state index contributed by atoms with van der Waals surface area (Å²) in [5, 5.41) is 13.4. The highest BCUT2D eigenvalue weighted by Gasteiger charge is 2.29. The van der Waals surface area contributed by atoms with Crippen LogP contribution < -0.4 is 4.90 Å². The summed E-state index contributed by atoms with van der Waals surface area (Å²) in [4.78, 5) is 21.2. The third-order valence-electron chi connectivity index (χ3n) is 2.93. The monoisotopic (exact) mass is 247 g/mol.